The third-order valence-corrected chi connectivity index (χ3v) is 9.54. The highest BCUT2D eigenvalue weighted by Gasteiger charge is 2.78. The van der Waals surface area contributed by atoms with Crippen LogP contribution in [0.15, 0.2) is 12.1 Å². The Kier molecular flexibility index (Phi) is 3.92. The summed E-state index contributed by atoms with van der Waals surface area (Å²) >= 11 is 0. The van der Waals surface area contributed by atoms with Crippen LogP contribution < -0.4 is 10.1 Å². The molecule has 1 aromatic rings. The van der Waals surface area contributed by atoms with E-state index in [1.165, 1.54) is 0 Å². The van der Waals surface area contributed by atoms with Crippen molar-refractivity contribution >= 4 is 17.4 Å². The van der Waals surface area contributed by atoms with Crippen LogP contribution in [0.2, 0.25) is 0 Å². The van der Waals surface area contributed by atoms with Crippen molar-refractivity contribution in [2.24, 2.45) is 11.3 Å². The van der Waals surface area contributed by atoms with Gasteiger partial charge in [0.15, 0.2) is 5.78 Å². The number of Topliss-reactive ketones (excluding diaryl/α,β-unsaturated/α-hetero) is 1. The zero-order valence-corrected chi connectivity index (χ0v) is 19.7. The smallest absolute Gasteiger partial charge is 0.239 e. The molecule has 0 unspecified atom stereocenters. The van der Waals surface area contributed by atoms with Crippen LogP contribution in [-0.2, 0) is 10.2 Å². The summed E-state index contributed by atoms with van der Waals surface area (Å²) < 4.78 is 6.07. The predicted molar refractivity (Wildman–Crippen MR) is 121 cm³/mol. The number of benzene rings is 1. The Morgan fingerprint density at radius 3 is 2.70 bits per heavy atom. The van der Waals surface area contributed by atoms with Gasteiger partial charge in [0, 0.05) is 23.3 Å². The normalized spacial score (nSPS) is 37.7. The molecule has 0 bridgehead atoms. The minimum absolute atomic E-state index is 0.0618. The number of carbonyl (C=O) groups excluding carboxylic acids is 2. The molecule has 4 heterocycles. The van der Waals surface area contributed by atoms with Crippen molar-refractivity contribution in [3.8, 4) is 5.75 Å². The molecule has 3 fully saturated rings. The fourth-order valence-electron chi connectivity index (χ4n) is 8.10. The van der Waals surface area contributed by atoms with Gasteiger partial charge in [0.2, 0.25) is 11.4 Å². The molecule has 1 N–H and O–H groups in total. The van der Waals surface area contributed by atoms with Gasteiger partial charge < -0.3 is 10.1 Å². The Balaban J connectivity index is 1.54. The number of nitro groups is 1. The molecule has 1 aromatic carbocycles. The van der Waals surface area contributed by atoms with Gasteiger partial charge in [-0.05, 0) is 56.7 Å². The van der Waals surface area contributed by atoms with E-state index >= 15 is 0 Å². The third-order valence-electron chi connectivity index (χ3n) is 9.54. The lowest BCUT2D eigenvalue weighted by molar-refractivity contribution is -0.584. The van der Waals surface area contributed by atoms with Crippen molar-refractivity contribution in [1.29, 1.82) is 0 Å². The van der Waals surface area contributed by atoms with Gasteiger partial charge in [-0.1, -0.05) is 19.9 Å². The van der Waals surface area contributed by atoms with Crippen molar-refractivity contribution in [3.63, 3.8) is 0 Å². The van der Waals surface area contributed by atoms with E-state index in [1.807, 2.05) is 33.8 Å². The first-order chi connectivity index (χ1) is 15.4. The first-order valence-electron chi connectivity index (χ1n) is 12.0. The predicted octanol–water partition coefficient (Wildman–Crippen LogP) is 3.55. The monoisotopic (exact) mass is 453 g/mol. The van der Waals surface area contributed by atoms with E-state index in [2.05, 4.69) is 10.2 Å². The summed E-state index contributed by atoms with van der Waals surface area (Å²) in [5, 5.41) is 15.7. The first-order valence-corrected chi connectivity index (χ1v) is 12.0. The first kappa shape index (κ1) is 21.1. The molecule has 176 valence electrons. The number of ketones is 1. The minimum atomic E-state index is -1.18. The van der Waals surface area contributed by atoms with Crippen LogP contribution >= 0.6 is 0 Å². The summed E-state index contributed by atoms with van der Waals surface area (Å²) in [7, 11) is 0. The van der Waals surface area contributed by atoms with Crippen LogP contribution in [0.25, 0.3) is 0 Å². The van der Waals surface area contributed by atoms with Crippen LogP contribution in [0, 0.1) is 21.4 Å². The topological polar surface area (TPSA) is 102 Å². The molecule has 33 heavy (non-hydrogen) atoms. The lowest BCUT2D eigenvalue weighted by Crippen LogP contribution is -2.59. The van der Waals surface area contributed by atoms with E-state index < -0.39 is 22.0 Å². The van der Waals surface area contributed by atoms with E-state index in [1.54, 1.807) is 6.07 Å². The maximum atomic E-state index is 13.8. The van der Waals surface area contributed by atoms with Crippen molar-refractivity contribution in [3.05, 3.63) is 33.4 Å². The number of piperidine rings is 1. The molecular formula is C25H31N3O5. The van der Waals surface area contributed by atoms with Gasteiger partial charge in [-0.25, -0.2) is 0 Å². The lowest BCUT2D eigenvalue weighted by atomic mass is 9.60. The van der Waals surface area contributed by atoms with E-state index in [9.17, 15) is 19.7 Å². The third kappa shape index (κ3) is 2.40. The van der Waals surface area contributed by atoms with E-state index in [0.29, 0.717) is 29.6 Å². The Hall–Kier alpha value is -2.48. The van der Waals surface area contributed by atoms with Crippen LogP contribution in [0.5, 0.6) is 5.75 Å². The second kappa shape index (κ2) is 6.14. The highest BCUT2D eigenvalue weighted by Crippen LogP contribution is 2.68. The summed E-state index contributed by atoms with van der Waals surface area (Å²) in [5.74, 6) is -0.0270. The number of carbonyl (C=O) groups is 2. The van der Waals surface area contributed by atoms with Gasteiger partial charge in [0.05, 0.1) is 29.6 Å². The molecular weight excluding hydrogens is 422 g/mol. The Morgan fingerprint density at radius 2 is 1.97 bits per heavy atom. The summed E-state index contributed by atoms with van der Waals surface area (Å²) in [6.45, 7) is 9.09. The lowest BCUT2D eigenvalue weighted by Gasteiger charge is -2.45. The second-order valence-electron chi connectivity index (χ2n) is 12.0. The number of amides is 1. The van der Waals surface area contributed by atoms with Crippen LogP contribution in [0.4, 0.5) is 5.69 Å². The second-order valence-corrected chi connectivity index (χ2v) is 12.0. The average Bonchev–Trinajstić information content (AvgIpc) is 3.33. The van der Waals surface area contributed by atoms with Crippen LogP contribution in [0.3, 0.4) is 0 Å². The molecule has 8 nitrogen and oxygen atoms in total. The Labute approximate surface area is 193 Å². The number of anilines is 1. The van der Waals surface area contributed by atoms with E-state index in [-0.39, 0.29) is 35.4 Å². The standard InChI is InChI=1S/C25H31N3O5/c1-22(2)11-16(29)19-17(33-22)8-7-15-20(19)26-21(30)25(15)12-24(28(31)32)13-27-9-5-6-14(27)10-18(24)23(25,3)4/h7-8,14,18H,5-6,9-13H2,1-4H3,(H,26,30)/t14-,18+,24+,25-/m0/s1. The Morgan fingerprint density at radius 1 is 1.21 bits per heavy atom. The molecule has 1 amide bonds. The van der Waals surface area contributed by atoms with Crippen molar-refractivity contribution < 1.29 is 19.2 Å². The summed E-state index contributed by atoms with van der Waals surface area (Å²) in [4.78, 5) is 41.9. The number of hydrogen-bond acceptors (Lipinski definition) is 6. The van der Waals surface area contributed by atoms with Gasteiger partial charge in [-0.2, -0.15) is 0 Å². The highest BCUT2D eigenvalue weighted by molar-refractivity contribution is 6.15. The maximum Gasteiger partial charge on any atom is 0.239 e. The fraction of sp³-hybridized carbons (Fsp3) is 0.680. The van der Waals surface area contributed by atoms with Gasteiger partial charge in [-0.3, -0.25) is 24.6 Å². The maximum absolute atomic E-state index is 13.8. The SMILES string of the molecule is CC1(C)CC(=O)c2c(ccc3c2NC(=O)[C@]32C[C@@]3([N+](=O)[O-])CN4CCC[C@H]4C[C@@H]3C2(C)C)O1. The van der Waals surface area contributed by atoms with Crippen molar-refractivity contribution in [2.45, 2.75) is 82.4 Å². The zero-order valence-electron chi connectivity index (χ0n) is 19.7. The van der Waals surface area contributed by atoms with Crippen molar-refractivity contribution in [2.75, 3.05) is 18.4 Å². The summed E-state index contributed by atoms with van der Waals surface area (Å²) in [6.07, 6.45) is 3.25. The average molecular weight is 454 g/mol. The summed E-state index contributed by atoms with van der Waals surface area (Å²) in [6, 6.07) is 4.00. The van der Waals surface area contributed by atoms with Crippen LogP contribution in [-0.4, -0.2) is 51.8 Å². The molecule has 1 aliphatic carbocycles. The molecule has 0 aromatic heterocycles. The molecule has 8 heteroatoms. The zero-order chi connectivity index (χ0) is 23.6. The highest BCUT2D eigenvalue weighted by atomic mass is 16.6. The number of fused-ring (bicyclic) bond motifs is 6. The number of nitrogens with one attached hydrogen (secondary N) is 1. The fourth-order valence-corrected chi connectivity index (χ4v) is 8.10. The van der Waals surface area contributed by atoms with Gasteiger partial charge in [0.25, 0.3) is 0 Å². The molecule has 1 spiro atoms. The Bertz CT molecular complexity index is 1130. The van der Waals surface area contributed by atoms with E-state index in [0.717, 1.165) is 31.4 Å². The molecule has 4 aliphatic heterocycles. The van der Waals surface area contributed by atoms with E-state index in [4.69, 9.17) is 4.74 Å². The quantitative estimate of drug-likeness (QED) is 0.515. The molecule has 5 aliphatic rings. The molecule has 1 saturated carbocycles. The number of ether oxygens (including phenoxy) is 1. The number of rotatable bonds is 1. The molecule has 4 atom stereocenters. The van der Waals surface area contributed by atoms with Gasteiger partial charge in [0.1, 0.15) is 11.4 Å². The van der Waals surface area contributed by atoms with Gasteiger partial charge >= 0.3 is 0 Å². The molecule has 2 saturated heterocycles. The van der Waals surface area contributed by atoms with Gasteiger partial charge in [-0.15, -0.1) is 0 Å². The minimum Gasteiger partial charge on any atom is -0.487 e. The largest absolute Gasteiger partial charge is 0.487 e. The molecule has 0 radical (unpaired) electrons. The number of hydrogen-bond donors (Lipinski definition) is 1. The summed E-state index contributed by atoms with van der Waals surface area (Å²) in [5.41, 5.74) is -1.84. The van der Waals surface area contributed by atoms with Crippen molar-refractivity contribution in [1.82, 2.24) is 4.90 Å². The number of nitrogens with zero attached hydrogens (tertiary/aromatic N) is 2. The molecule has 6 rings (SSSR count). The van der Waals surface area contributed by atoms with Crippen LogP contribution in [0.1, 0.15) is 75.7 Å².